The smallest absolute Gasteiger partial charge is 0.0351 e. The van der Waals surface area contributed by atoms with E-state index in [2.05, 4.69) is 16.3 Å². The molecule has 0 unspecified atom stereocenters. The van der Waals surface area contributed by atoms with E-state index < -0.39 is 0 Å². The molecule has 0 radical (unpaired) electrons. The Kier molecular flexibility index (Phi) is 2.69. The van der Waals surface area contributed by atoms with E-state index in [9.17, 15) is 0 Å². The molecule has 1 aromatic heterocycles. The number of hydrogen-bond donors (Lipinski definition) is 0. The van der Waals surface area contributed by atoms with E-state index in [4.69, 9.17) is 11.6 Å². The lowest BCUT2D eigenvalue weighted by molar-refractivity contribution is 0.272. The quantitative estimate of drug-likeness (QED) is 0.664. The normalized spacial score (nSPS) is 17.8. The summed E-state index contributed by atoms with van der Waals surface area (Å²) in [7, 11) is 0. The van der Waals surface area contributed by atoms with E-state index in [1.807, 2.05) is 11.3 Å². The van der Waals surface area contributed by atoms with E-state index in [-0.39, 0.29) is 0 Å². The van der Waals surface area contributed by atoms with Crippen molar-refractivity contribution < 1.29 is 0 Å². The molecule has 1 aliphatic heterocycles. The molecule has 0 spiro atoms. The topological polar surface area (TPSA) is 3.24 Å². The summed E-state index contributed by atoms with van der Waals surface area (Å²) >= 11 is 7.58. The Hall–Kier alpha value is -0.0500. The first-order valence-electron chi connectivity index (χ1n) is 4.23. The molecule has 3 heteroatoms. The summed E-state index contributed by atoms with van der Waals surface area (Å²) in [6, 6.07) is 2.24. The Morgan fingerprint density at radius 2 is 2.50 bits per heavy atom. The summed E-state index contributed by atoms with van der Waals surface area (Å²) < 4.78 is 0. The van der Waals surface area contributed by atoms with Crippen LogP contribution in [0.25, 0.3) is 0 Å². The van der Waals surface area contributed by atoms with Crippen LogP contribution >= 0.6 is 22.9 Å². The molecule has 0 saturated carbocycles. The van der Waals surface area contributed by atoms with Gasteiger partial charge in [-0.25, -0.2) is 0 Å². The zero-order valence-electron chi connectivity index (χ0n) is 6.92. The van der Waals surface area contributed by atoms with Crippen molar-refractivity contribution >= 4 is 22.9 Å². The second kappa shape index (κ2) is 3.77. The number of thiophene rings is 1. The maximum atomic E-state index is 5.70. The van der Waals surface area contributed by atoms with Crippen molar-refractivity contribution in [3.05, 3.63) is 21.9 Å². The second-order valence-corrected chi connectivity index (χ2v) is 4.46. The molecule has 1 aromatic rings. The highest BCUT2D eigenvalue weighted by Gasteiger charge is 2.15. The van der Waals surface area contributed by atoms with Crippen LogP contribution in [0, 0.1) is 0 Å². The molecule has 1 aliphatic rings. The van der Waals surface area contributed by atoms with Crippen molar-refractivity contribution in [2.45, 2.75) is 13.0 Å². The largest absolute Gasteiger partial charge is 0.298 e. The van der Waals surface area contributed by atoms with Crippen molar-refractivity contribution in [1.82, 2.24) is 4.90 Å². The van der Waals surface area contributed by atoms with E-state index in [0.717, 1.165) is 19.0 Å². The van der Waals surface area contributed by atoms with Crippen LogP contribution in [0.2, 0.25) is 0 Å². The van der Waals surface area contributed by atoms with Gasteiger partial charge in [0, 0.05) is 30.4 Å². The molecule has 2 heterocycles. The lowest BCUT2D eigenvalue weighted by Gasteiger charge is -2.25. The predicted octanol–water partition coefficient (Wildman–Crippen LogP) is 2.35. The number of nitrogens with zero attached hydrogens (tertiary/aromatic N) is 1. The molecule has 0 bridgehead atoms. The van der Waals surface area contributed by atoms with Crippen molar-refractivity contribution in [2.75, 3.05) is 19.0 Å². The van der Waals surface area contributed by atoms with Crippen molar-refractivity contribution in [3.63, 3.8) is 0 Å². The molecule has 0 fully saturated rings. The van der Waals surface area contributed by atoms with Gasteiger partial charge in [0.05, 0.1) is 0 Å². The van der Waals surface area contributed by atoms with Gasteiger partial charge in [-0.1, -0.05) is 0 Å². The highest BCUT2D eigenvalue weighted by molar-refractivity contribution is 7.10. The average molecular weight is 202 g/mol. The number of halogens is 1. The van der Waals surface area contributed by atoms with Crippen LogP contribution in [0.1, 0.15) is 10.4 Å². The monoisotopic (exact) mass is 201 g/mol. The first-order chi connectivity index (χ1) is 5.90. The fraction of sp³-hybridized carbons (Fsp3) is 0.556. The summed E-state index contributed by atoms with van der Waals surface area (Å²) in [6.07, 6.45) is 1.21. The Morgan fingerprint density at radius 3 is 3.33 bits per heavy atom. The average Bonchev–Trinajstić information content (AvgIpc) is 2.51. The maximum absolute atomic E-state index is 5.70. The molecule has 0 N–H and O–H groups in total. The Labute approximate surface area is 82.0 Å². The van der Waals surface area contributed by atoms with Gasteiger partial charge in [0.1, 0.15) is 0 Å². The number of rotatable bonds is 2. The van der Waals surface area contributed by atoms with Crippen molar-refractivity contribution in [3.8, 4) is 0 Å². The summed E-state index contributed by atoms with van der Waals surface area (Å²) in [5, 5.41) is 2.19. The molecule has 12 heavy (non-hydrogen) atoms. The summed E-state index contributed by atoms with van der Waals surface area (Å²) in [4.78, 5) is 3.99. The van der Waals surface area contributed by atoms with Gasteiger partial charge in [-0.2, -0.15) is 0 Å². The van der Waals surface area contributed by atoms with Gasteiger partial charge >= 0.3 is 0 Å². The van der Waals surface area contributed by atoms with Crippen LogP contribution in [0.15, 0.2) is 11.4 Å². The van der Waals surface area contributed by atoms with Crippen LogP contribution in [0.5, 0.6) is 0 Å². The Morgan fingerprint density at radius 1 is 1.58 bits per heavy atom. The van der Waals surface area contributed by atoms with Crippen LogP contribution in [0.4, 0.5) is 0 Å². The summed E-state index contributed by atoms with van der Waals surface area (Å²) in [5.41, 5.74) is 1.51. The highest BCUT2D eigenvalue weighted by Crippen LogP contribution is 2.23. The molecular formula is C9H12ClNS. The van der Waals surface area contributed by atoms with Gasteiger partial charge in [0.15, 0.2) is 0 Å². The lowest BCUT2D eigenvalue weighted by atomic mass is 10.1. The first kappa shape index (κ1) is 8.54. The van der Waals surface area contributed by atoms with Crippen LogP contribution in [-0.4, -0.2) is 23.9 Å². The Balaban J connectivity index is 2.05. The zero-order valence-corrected chi connectivity index (χ0v) is 8.50. The minimum Gasteiger partial charge on any atom is -0.298 e. The predicted molar refractivity (Wildman–Crippen MR) is 54.0 cm³/mol. The maximum Gasteiger partial charge on any atom is 0.0351 e. The van der Waals surface area contributed by atoms with E-state index in [1.54, 1.807) is 4.88 Å². The molecule has 1 nitrogen and oxygen atoms in total. The molecule has 2 rings (SSSR count). The van der Waals surface area contributed by atoms with Crippen molar-refractivity contribution in [1.29, 1.82) is 0 Å². The van der Waals surface area contributed by atoms with Crippen molar-refractivity contribution in [2.24, 2.45) is 0 Å². The molecule has 0 aliphatic carbocycles. The molecule has 0 amide bonds. The fourth-order valence-corrected chi connectivity index (χ4v) is 2.75. The van der Waals surface area contributed by atoms with Crippen LogP contribution in [0.3, 0.4) is 0 Å². The third-order valence-electron chi connectivity index (χ3n) is 2.29. The number of fused-ring (bicyclic) bond motifs is 1. The standard InChI is InChI=1S/C9H12ClNS/c10-3-5-11-4-1-9-8(7-11)2-6-12-9/h2,6H,1,3-5,7H2. The van der Waals surface area contributed by atoms with Gasteiger partial charge in [-0.15, -0.1) is 22.9 Å². The van der Waals surface area contributed by atoms with E-state index in [1.165, 1.54) is 18.5 Å². The van der Waals surface area contributed by atoms with Crippen LogP contribution in [-0.2, 0) is 13.0 Å². The molecular weight excluding hydrogens is 190 g/mol. The number of alkyl halides is 1. The van der Waals surface area contributed by atoms with Gasteiger partial charge in [0.25, 0.3) is 0 Å². The van der Waals surface area contributed by atoms with Gasteiger partial charge in [-0.05, 0) is 23.4 Å². The summed E-state index contributed by atoms with van der Waals surface area (Å²) in [5.74, 6) is 0.749. The Bertz CT molecular complexity index is 259. The highest BCUT2D eigenvalue weighted by atomic mass is 35.5. The third kappa shape index (κ3) is 1.65. The van der Waals surface area contributed by atoms with Gasteiger partial charge in [0.2, 0.25) is 0 Å². The zero-order chi connectivity index (χ0) is 8.39. The van der Waals surface area contributed by atoms with E-state index in [0.29, 0.717) is 0 Å². The lowest BCUT2D eigenvalue weighted by Crippen LogP contribution is -2.31. The van der Waals surface area contributed by atoms with Gasteiger partial charge in [-0.3, -0.25) is 4.90 Å². The molecule has 0 aromatic carbocycles. The number of hydrogen-bond acceptors (Lipinski definition) is 2. The SMILES string of the molecule is ClCCN1CCc2sccc2C1. The molecule has 0 saturated heterocycles. The minimum atomic E-state index is 0.749. The van der Waals surface area contributed by atoms with Crippen LogP contribution < -0.4 is 0 Å². The molecule has 0 atom stereocenters. The second-order valence-electron chi connectivity index (χ2n) is 3.08. The minimum absolute atomic E-state index is 0.749. The first-order valence-corrected chi connectivity index (χ1v) is 5.65. The van der Waals surface area contributed by atoms with E-state index >= 15 is 0 Å². The third-order valence-corrected chi connectivity index (χ3v) is 3.48. The summed E-state index contributed by atoms with van der Waals surface area (Å²) in [6.45, 7) is 3.31. The fourth-order valence-electron chi connectivity index (χ4n) is 1.62. The molecule has 66 valence electrons. The van der Waals surface area contributed by atoms with Gasteiger partial charge < -0.3 is 0 Å².